The van der Waals surface area contributed by atoms with Crippen molar-refractivity contribution in [2.45, 2.75) is 6.92 Å². The van der Waals surface area contributed by atoms with Gasteiger partial charge in [-0.05, 0) is 42.3 Å². The lowest BCUT2D eigenvalue weighted by atomic mass is 9.96. The highest BCUT2D eigenvalue weighted by Crippen LogP contribution is 2.36. The number of carbonyl (C=O) groups excluding carboxylic acids is 1. The van der Waals surface area contributed by atoms with Crippen LogP contribution in [0.3, 0.4) is 0 Å². The van der Waals surface area contributed by atoms with Crippen LogP contribution in [0.2, 0.25) is 0 Å². The van der Waals surface area contributed by atoms with Gasteiger partial charge in [0.25, 0.3) is 0 Å². The Kier molecular flexibility index (Phi) is 4.24. The molecule has 4 aromatic rings. The number of aromatic nitrogens is 1. The molecule has 0 radical (unpaired) electrons. The van der Waals surface area contributed by atoms with Crippen LogP contribution >= 0.6 is 0 Å². The SMILES string of the molecule is Cc1cccc2cc(-c3ccccc3)c(C(=CC=O)c3ccccc3)n12. The third kappa shape index (κ3) is 2.76. The van der Waals surface area contributed by atoms with Crippen molar-refractivity contribution in [3.8, 4) is 11.1 Å². The first-order valence-corrected chi connectivity index (χ1v) is 8.67. The molecule has 0 aliphatic carbocycles. The van der Waals surface area contributed by atoms with Crippen molar-refractivity contribution < 1.29 is 4.79 Å². The Bertz CT molecular complexity index is 1090. The number of hydrogen-bond donors (Lipinski definition) is 0. The second-order valence-corrected chi connectivity index (χ2v) is 6.28. The molecule has 2 aromatic heterocycles. The molecule has 0 fully saturated rings. The van der Waals surface area contributed by atoms with Gasteiger partial charge >= 0.3 is 0 Å². The van der Waals surface area contributed by atoms with E-state index >= 15 is 0 Å². The van der Waals surface area contributed by atoms with E-state index in [-0.39, 0.29) is 0 Å². The van der Waals surface area contributed by atoms with E-state index in [1.165, 1.54) is 0 Å². The van der Waals surface area contributed by atoms with Crippen LogP contribution in [0.15, 0.2) is 91.0 Å². The number of pyridine rings is 1. The molecule has 2 heterocycles. The fourth-order valence-corrected chi connectivity index (χ4v) is 3.49. The zero-order valence-electron chi connectivity index (χ0n) is 14.6. The van der Waals surface area contributed by atoms with Crippen molar-refractivity contribution in [3.63, 3.8) is 0 Å². The second-order valence-electron chi connectivity index (χ2n) is 6.28. The minimum absolute atomic E-state index is 0.870. The molecule has 2 aromatic carbocycles. The first kappa shape index (κ1) is 16.1. The molecule has 2 heteroatoms. The highest BCUT2D eigenvalue weighted by atomic mass is 16.1. The van der Waals surface area contributed by atoms with Crippen molar-refractivity contribution in [1.29, 1.82) is 0 Å². The number of benzene rings is 2. The van der Waals surface area contributed by atoms with Gasteiger partial charge in [0.1, 0.15) is 6.29 Å². The van der Waals surface area contributed by atoms with Crippen LogP contribution in [0.4, 0.5) is 0 Å². The summed E-state index contributed by atoms with van der Waals surface area (Å²) < 4.78 is 2.23. The van der Waals surface area contributed by atoms with Crippen LogP contribution in [0, 0.1) is 6.92 Å². The molecule has 0 unspecified atom stereocenters. The van der Waals surface area contributed by atoms with Crippen molar-refractivity contribution in [2.75, 3.05) is 0 Å². The zero-order valence-corrected chi connectivity index (χ0v) is 14.6. The average Bonchev–Trinajstić information content (AvgIpc) is 3.08. The smallest absolute Gasteiger partial charge is 0.143 e. The Morgan fingerprint density at radius 3 is 2.23 bits per heavy atom. The van der Waals surface area contributed by atoms with Gasteiger partial charge in [0.2, 0.25) is 0 Å². The van der Waals surface area contributed by atoms with E-state index < -0.39 is 0 Å². The summed E-state index contributed by atoms with van der Waals surface area (Å²) in [6.45, 7) is 2.09. The maximum atomic E-state index is 11.5. The number of fused-ring (bicyclic) bond motifs is 1. The number of rotatable bonds is 4. The van der Waals surface area contributed by atoms with Crippen LogP contribution in [0.25, 0.3) is 22.2 Å². The maximum absolute atomic E-state index is 11.5. The van der Waals surface area contributed by atoms with Crippen molar-refractivity contribution in [2.24, 2.45) is 0 Å². The fraction of sp³-hybridized carbons (Fsp3) is 0.0417. The number of hydrogen-bond acceptors (Lipinski definition) is 1. The van der Waals surface area contributed by atoms with Crippen LogP contribution in [0.5, 0.6) is 0 Å². The van der Waals surface area contributed by atoms with Crippen LogP contribution in [-0.2, 0) is 4.79 Å². The second kappa shape index (κ2) is 6.85. The Morgan fingerprint density at radius 2 is 1.54 bits per heavy atom. The molecule has 2 nitrogen and oxygen atoms in total. The molecule has 0 aliphatic heterocycles. The molecule has 0 spiro atoms. The number of nitrogens with zero attached hydrogens (tertiary/aromatic N) is 1. The van der Waals surface area contributed by atoms with Gasteiger partial charge in [-0.2, -0.15) is 0 Å². The molecular weight excluding hydrogens is 318 g/mol. The molecule has 0 saturated carbocycles. The third-order valence-corrected chi connectivity index (χ3v) is 4.65. The predicted molar refractivity (Wildman–Crippen MR) is 107 cm³/mol. The summed E-state index contributed by atoms with van der Waals surface area (Å²) in [5, 5.41) is 0. The van der Waals surface area contributed by atoms with Crippen LogP contribution in [-0.4, -0.2) is 10.7 Å². The third-order valence-electron chi connectivity index (χ3n) is 4.65. The maximum Gasteiger partial charge on any atom is 0.143 e. The lowest BCUT2D eigenvalue weighted by molar-refractivity contribution is -0.104. The van der Waals surface area contributed by atoms with Gasteiger partial charge < -0.3 is 4.40 Å². The summed E-state index contributed by atoms with van der Waals surface area (Å²) in [5.41, 5.74) is 7.51. The van der Waals surface area contributed by atoms with E-state index in [1.807, 2.05) is 48.5 Å². The highest BCUT2D eigenvalue weighted by molar-refractivity contribution is 5.95. The summed E-state index contributed by atoms with van der Waals surface area (Å²) in [5.74, 6) is 0. The highest BCUT2D eigenvalue weighted by Gasteiger charge is 2.18. The minimum atomic E-state index is 0.870. The first-order valence-electron chi connectivity index (χ1n) is 8.67. The molecule has 0 atom stereocenters. The summed E-state index contributed by atoms with van der Waals surface area (Å²) in [6.07, 6.45) is 2.53. The number of aryl methyl sites for hydroxylation is 1. The van der Waals surface area contributed by atoms with E-state index in [0.717, 1.165) is 45.5 Å². The lowest BCUT2D eigenvalue weighted by Crippen LogP contribution is -1.99. The monoisotopic (exact) mass is 337 g/mol. The van der Waals surface area contributed by atoms with Gasteiger partial charge in [-0.3, -0.25) is 4.79 Å². The number of allylic oxidation sites excluding steroid dienone is 1. The van der Waals surface area contributed by atoms with Crippen LogP contribution in [0.1, 0.15) is 17.0 Å². The average molecular weight is 337 g/mol. The topological polar surface area (TPSA) is 21.5 Å². The van der Waals surface area contributed by atoms with Gasteiger partial charge in [0.05, 0.1) is 5.69 Å². The molecule has 126 valence electrons. The van der Waals surface area contributed by atoms with E-state index in [4.69, 9.17) is 0 Å². The van der Waals surface area contributed by atoms with Gasteiger partial charge in [0, 0.05) is 22.3 Å². The Balaban J connectivity index is 2.10. The Hall–Kier alpha value is -3.39. The van der Waals surface area contributed by atoms with Crippen molar-refractivity contribution >= 4 is 17.4 Å². The number of aldehydes is 1. The summed E-state index contributed by atoms with van der Waals surface area (Å²) in [6, 6.07) is 28.8. The largest absolute Gasteiger partial charge is 0.313 e. The van der Waals surface area contributed by atoms with Crippen LogP contribution < -0.4 is 0 Å². The van der Waals surface area contributed by atoms with Crippen molar-refractivity contribution in [1.82, 2.24) is 4.40 Å². The lowest BCUT2D eigenvalue weighted by Gasteiger charge is -2.13. The molecule has 26 heavy (non-hydrogen) atoms. The summed E-state index contributed by atoms with van der Waals surface area (Å²) in [4.78, 5) is 11.5. The Labute approximate surface area is 153 Å². The van der Waals surface area contributed by atoms with Gasteiger partial charge in [-0.1, -0.05) is 66.7 Å². The molecular formula is C24H19NO. The molecule has 4 rings (SSSR count). The zero-order chi connectivity index (χ0) is 17.9. The van der Waals surface area contributed by atoms with Gasteiger partial charge in [-0.25, -0.2) is 0 Å². The first-order chi connectivity index (χ1) is 12.8. The quantitative estimate of drug-likeness (QED) is 0.354. The van der Waals surface area contributed by atoms with E-state index in [9.17, 15) is 4.79 Å². The summed E-state index contributed by atoms with van der Waals surface area (Å²) in [7, 11) is 0. The van der Waals surface area contributed by atoms with E-state index in [2.05, 4.69) is 47.7 Å². The van der Waals surface area contributed by atoms with Gasteiger partial charge in [-0.15, -0.1) is 0 Å². The summed E-state index contributed by atoms with van der Waals surface area (Å²) >= 11 is 0. The standard InChI is InChI=1S/C24H19NO/c1-18-9-8-14-21-17-23(20-12-6-3-7-13-20)24(25(18)21)22(15-16-26)19-10-4-2-5-11-19/h2-17H,1H3. The van der Waals surface area contributed by atoms with Gasteiger partial charge in [0.15, 0.2) is 0 Å². The molecule has 0 amide bonds. The molecule has 0 bridgehead atoms. The van der Waals surface area contributed by atoms with Crippen molar-refractivity contribution in [3.05, 3.63) is 108 Å². The van der Waals surface area contributed by atoms with E-state index in [0.29, 0.717) is 0 Å². The number of carbonyl (C=O) groups is 1. The Morgan fingerprint density at radius 1 is 0.846 bits per heavy atom. The van der Waals surface area contributed by atoms with E-state index in [1.54, 1.807) is 6.08 Å². The molecule has 0 aliphatic rings. The predicted octanol–water partition coefficient (Wildman–Crippen LogP) is 5.55. The fourth-order valence-electron chi connectivity index (χ4n) is 3.49. The minimum Gasteiger partial charge on any atom is -0.313 e. The molecule has 0 saturated heterocycles. The molecule has 0 N–H and O–H groups in total. The normalized spacial score (nSPS) is 11.7.